The van der Waals surface area contributed by atoms with Crippen LogP contribution in [-0.2, 0) is 4.74 Å². The molecule has 0 fully saturated rings. The Labute approximate surface area is 109 Å². The molecule has 18 heavy (non-hydrogen) atoms. The highest BCUT2D eigenvalue weighted by atomic mass is 16.5. The molecule has 0 aliphatic carbocycles. The lowest BCUT2D eigenvalue weighted by Gasteiger charge is -2.22. The summed E-state index contributed by atoms with van der Waals surface area (Å²) >= 11 is 0. The van der Waals surface area contributed by atoms with Crippen molar-refractivity contribution in [3.8, 4) is 11.5 Å². The summed E-state index contributed by atoms with van der Waals surface area (Å²) in [5, 5.41) is 3.21. The predicted octanol–water partition coefficient (Wildman–Crippen LogP) is 2.39. The van der Waals surface area contributed by atoms with Crippen LogP contribution in [0.3, 0.4) is 0 Å². The van der Waals surface area contributed by atoms with E-state index in [0.29, 0.717) is 6.61 Å². The zero-order valence-corrected chi connectivity index (χ0v) is 11.8. The van der Waals surface area contributed by atoms with Crippen LogP contribution in [-0.4, -0.2) is 34.0 Å². The molecule has 4 heteroatoms. The Hall–Kier alpha value is -1.26. The van der Waals surface area contributed by atoms with Gasteiger partial charge in [0, 0.05) is 13.2 Å². The monoisotopic (exact) mass is 253 g/mol. The molecule has 0 radical (unpaired) electrons. The van der Waals surface area contributed by atoms with E-state index in [1.807, 2.05) is 32.2 Å². The molecule has 0 aromatic heterocycles. The SMILES string of the molecule is CNC(C)c1c(OC)cccc1OC(C)COC. The summed E-state index contributed by atoms with van der Waals surface area (Å²) in [6, 6.07) is 5.99. The smallest absolute Gasteiger partial charge is 0.128 e. The second-order valence-corrected chi connectivity index (χ2v) is 4.27. The van der Waals surface area contributed by atoms with Crippen LogP contribution in [0, 0.1) is 0 Å². The average Bonchev–Trinajstić information content (AvgIpc) is 2.37. The molecular formula is C14H23NO3. The van der Waals surface area contributed by atoms with E-state index < -0.39 is 0 Å². The van der Waals surface area contributed by atoms with Gasteiger partial charge in [0.15, 0.2) is 0 Å². The summed E-state index contributed by atoms with van der Waals surface area (Å²) in [5.74, 6) is 1.67. The summed E-state index contributed by atoms with van der Waals surface area (Å²) in [5.41, 5.74) is 1.03. The van der Waals surface area contributed by atoms with Crippen LogP contribution in [0.25, 0.3) is 0 Å². The highest BCUT2D eigenvalue weighted by Gasteiger charge is 2.17. The fraction of sp³-hybridized carbons (Fsp3) is 0.571. The van der Waals surface area contributed by atoms with E-state index >= 15 is 0 Å². The Bertz CT molecular complexity index is 368. The molecule has 0 aliphatic rings. The molecule has 1 aromatic carbocycles. The molecule has 0 amide bonds. The molecule has 0 saturated carbocycles. The maximum Gasteiger partial charge on any atom is 0.128 e. The van der Waals surface area contributed by atoms with E-state index in [4.69, 9.17) is 14.2 Å². The third-order valence-electron chi connectivity index (χ3n) is 2.84. The van der Waals surface area contributed by atoms with Gasteiger partial charge in [-0.15, -0.1) is 0 Å². The van der Waals surface area contributed by atoms with Gasteiger partial charge in [-0.1, -0.05) is 6.07 Å². The molecule has 0 spiro atoms. The summed E-state index contributed by atoms with van der Waals surface area (Å²) in [6.07, 6.45) is 0.00455. The minimum absolute atomic E-state index is 0.00455. The molecule has 0 heterocycles. The molecule has 1 N–H and O–H groups in total. The highest BCUT2D eigenvalue weighted by molar-refractivity contribution is 5.46. The summed E-state index contributed by atoms with van der Waals surface area (Å²) in [6.45, 7) is 4.62. The van der Waals surface area contributed by atoms with E-state index in [-0.39, 0.29) is 12.1 Å². The number of rotatable bonds is 7. The number of hydrogen-bond donors (Lipinski definition) is 1. The fourth-order valence-corrected chi connectivity index (χ4v) is 1.86. The first-order chi connectivity index (χ1) is 8.63. The van der Waals surface area contributed by atoms with Gasteiger partial charge >= 0.3 is 0 Å². The second-order valence-electron chi connectivity index (χ2n) is 4.27. The molecule has 0 bridgehead atoms. The van der Waals surface area contributed by atoms with E-state index in [0.717, 1.165) is 17.1 Å². The first kappa shape index (κ1) is 14.8. The largest absolute Gasteiger partial charge is 0.496 e. The molecule has 0 aliphatic heterocycles. The second kappa shape index (κ2) is 7.24. The van der Waals surface area contributed by atoms with Crippen molar-refractivity contribution in [3.63, 3.8) is 0 Å². The van der Waals surface area contributed by atoms with E-state index in [1.165, 1.54) is 0 Å². The predicted molar refractivity (Wildman–Crippen MR) is 72.4 cm³/mol. The molecule has 2 unspecified atom stereocenters. The Morgan fingerprint density at radius 1 is 1.17 bits per heavy atom. The van der Waals surface area contributed by atoms with Gasteiger partial charge in [0.2, 0.25) is 0 Å². The summed E-state index contributed by atoms with van der Waals surface area (Å²) in [7, 11) is 5.26. The number of ether oxygens (including phenoxy) is 3. The molecule has 1 rings (SSSR count). The van der Waals surface area contributed by atoms with Gasteiger partial charge in [0.05, 0.1) is 19.3 Å². The topological polar surface area (TPSA) is 39.7 Å². The third kappa shape index (κ3) is 3.62. The maximum absolute atomic E-state index is 5.91. The Kier molecular flexibility index (Phi) is 5.95. The van der Waals surface area contributed by atoms with Crippen LogP contribution in [0.2, 0.25) is 0 Å². The number of benzene rings is 1. The van der Waals surface area contributed by atoms with Crippen LogP contribution >= 0.6 is 0 Å². The zero-order valence-electron chi connectivity index (χ0n) is 11.8. The van der Waals surface area contributed by atoms with Crippen molar-refractivity contribution >= 4 is 0 Å². The van der Waals surface area contributed by atoms with E-state index in [1.54, 1.807) is 14.2 Å². The van der Waals surface area contributed by atoms with Crippen molar-refractivity contribution < 1.29 is 14.2 Å². The minimum Gasteiger partial charge on any atom is -0.496 e. The van der Waals surface area contributed by atoms with Crippen molar-refractivity contribution in [3.05, 3.63) is 23.8 Å². The number of hydrogen-bond acceptors (Lipinski definition) is 4. The molecule has 2 atom stereocenters. The van der Waals surface area contributed by atoms with Crippen LogP contribution in [0.1, 0.15) is 25.5 Å². The maximum atomic E-state index is 5.91. The van der Waals surface area contributed by atoms with Crippen molar-refractivity contribution in [1.82, 2.24) is 5.32 Å². The number of nitrogens with one attached hydrogen (secondary N) is 1. The standard InChI is InChI=1S/C14H23NO3/c1-10(9-16-4)18-13-8-6-7-12(17-5)14(13)11(2)15-3/h6-8,10-11,15H,9H2,1-5H3. The molecule has 0 saturated heterocycles. The van der Waals surface area contributed by atoms with Crippen LogP contribution in [0.5, 0.6) is 11.5 Å². The van der Waals surface area contributed by atoms with Crippen molar-refractivity contribution in [2.75, 3.05) is 27.9 Å². The van der Waals surface area contributed by atoms with Gasteiger partial charge in [-0.05, 0) is 33.0 Å². The lowest BCUT2D eigenvalue weighted by Crippen LogP contribution is -2.21. The van der Waals surface area contributed by atoms with Crippen molar-refractivity contribution in [2.24, 2.45) is 0 Å². The Morgan fingerprint density at radius 2 is 1.83 bits per heavy atom. The van der Waals surface area contributed by atoms with Crippen LogP contribution in [0.4, 0.5) is 0 Å². The molecular weight excluding hydrogens is 230 g/mol. The quantitative estimate of drug-likeness (QED) is 0.810. The Morgan fingerprint density at radius 3 is 2.39 bits per heavy atom. The average molecular weight is 253 g/mol. The van der Waals surface area contributed by atoms with Gasteiger partial charge < -0.3 is 19.5 Å². The van der Waals surface area contributed by atoms with Crippen molar-refractivity contribution in [1.29, 1.82) is 0 Å². The van der Waals surface area contributed by atoms with Crippen LogP contribution in [0.15, 0.2) is 18.2 Å². The third-order valence-corrected chi connectivity index (χ3v) is 2.84. The lowest BCUT2D eigenvalue weighted by molar-refractivity contribution is 0.0908. The normalized spacial score (nSPS) is 14.1. The van der Waals surface area contributed by atoms with Gasteiger partial charge in [0.25, 0.3) is 0 Å². The number of methoxy groups -OCH3 is 2. The first-order valence-corrected chi connectivity index (χ1v) is 6.13. The van der Waals surface area contributed by atoms with Gasteiger partial charge in [0.1, 0.15) is 17.6 Å². The van der Waals surface area contributed by atoms with E-state index in [2.05, 4.69) is 12.2 Å². The molecule has 4 nitrogen and oxygen atoms in total. The fourth-order valence-electron chi connectivity index (χ4n) is 1.86. The highest BCUT2D eigenvalue weighted by Crippen LogP contribution is 2.34. The molecule has 1 aromatic rings. The first-order valence-electron chi connectivity index (χ1n) is 6.13. The van der Waals surface area contributed by atoms with Gasteiger partial charge in [-0.25, -0.2) is 0 Å². The van der Waals surface area contributed by atoms with Crippen LogP contribution < -0.4 is 14.8 Å². The van der Waals surface area contributed by atoms with Gasteiger partial charge in [-0.2, -0.15) is 0 Å². The zero-order chi connectivity index (χ0) is 13.5. The summed E-state index contributed by atoms with van der Waals surface area (Å²) < 4.78 is 16.4. The molecule has 102 valence electrons. The van der Waals surface area contributed by atoms with Crippen molar-refractivity contribution in [2.45, 2.75) is 26.0 Å². The minimum atomic E-state index is 0.00455. The van der Waals surface area contributed by atoms with Gasteiger partial charge in [-0.3, -0.25) is 0 Å². The lowest BCUT2D eigenvalue weighted by atomic mass is 10.1. The summed E-state index contributed by atoms with van der Waals surface area (Å²) in [4.78, 5) is 0. The van der Waals surface area contributed by atoms with E-state index in [9.17, 15) is 0 Å². The Balaban J connectivity index is 3.02.